The Balaban J connectivity index is 3.09. The Kier molecular flexibility index (Phi) is 5.21. The van der Waals surface area contributed by atoms with E-state index in [1.807, 2.05) is 0 Å². The SMILES string of the molecule is CCc1cc(CCCCN)c(O)c(C(C)(C)C)c1. The van der Waals surface area contributed by atoms with E-state index in [4.69, 9.17) is 5.73 Å². The van der Waals surface area contributed by atoms with Gasteiger partial charge in [-0.05, 0) is 54.3 Å². The van der Waals surface area contributed by atoms with Crippen molar-refractivity contribution in [3.05, 3.63) is 28.8 Å². The van der Waals surface area contributed by atoms with Crippen LogP contribution in [0.3, 0.4) is 0 Å². The number of benzene rings is 1. The molecule has 0 aliphatic carbocycles. The molecule has 0 atom stereocenters. The molecule has 0 spiro atoms. The van der Waals surface area contributed by atoms with Gasteiger partial charge in [0.15, 0.2) is 0 Å². The van der Waals surface area contributed by atoms with Crippen LogP contribution in [0.4, 0.5) is 0 Å². The minimum Gasteiger partial charge on any atom is -0.507 e. The van der Waals surface area contributed by atoms with Gasteiger partial charge in [-0.2, -0.15) is 0 Å². The molecule has 1 rings (SSSR count). The van der Waals surface area contributed by atoms with Crippen LogP contribution >= 0.6 is 0 Å². The van der Waals surface area contributed by atoms with Gasteiger partial charge in [0, 0.05) is 0 Å². The lowest BCUT2D eigenvalue weighted by Gasteiger charge is -2.23. The predicted molar refractivity (Wildman–Crippen MR) is 78.2 cm³/mol. The summed E-state index contributed by atoms with van der Waals surface area (Å²) >= 11 is 0. The van der Waals surface area contributed by atoms with Crippen LogP contribution in [0.2, 0.25) is 0 Å². The smallest absolute Gasteiger partial charge is 0.122 e. The third-order valence-electron chi connectivity index (χ3n) is 3.37. The molecule has 3 N–H and O–H groups in total. The Morgan fingerprint density at radius 3 is 2.33 bits per heavy atom. The van der Waals surface area contributed by atoms with Crippen molar-refractivity contribution in [1.82, 2.24) is 0 Å². The van der Waals surface area contributed by atoms with Gasteiger partial charge in [-0.3, -0.25) is 0 Å². The quantitative estimate of drug-likeness (QED) is 0.784. The third kappa shape index (κ3) is 3.74. The number of hydrogen-bond donors (Lipinski definition) is 2. The number of phenols is 1. The van der Waals surface area contributed by atoms with E-state index >= 15 is 0 Å². The molecular formula is C16H27NO. The topological polar surface area (TPSA) is 46.2 Å². The molecular weight excluding hydrogens is 222 g/mol. The molecule has 0 unspecified atom stereocenters. The molecule has 0 amide bonds. The highest BCUT2D eigenvalue weighted by molar-refractivity contribution is 5.47. The van der Waals surface area contributed by atoms with Gasteiger partial charge in [0.2, 0.25) is 0 Å². The number of aromatic hydroxyl groups is 1. The van der Waals surface area contributed by atoms with Gasteiger partial charge < -0.3 is 10.8 Å². The Hall–Kier alpha value is -1.02. The Morgan fingerprint density at radius 2 is 1.83 bits per heavy atom. The van der Waals surface area contributed by atoms with Crippen LogP contribution in [-0.4, -0.2) is 11.7 Å². The lowest BCUT2D eigenvalue weighted by molar-refractivity contribution is 0.438. The summed E-state index contributed by atoms with van der Waals surface area (Å²) < 4.78 is 0. The van der Waals surface area contributed by atoms with Crippen LogP contribution < -0.4 is 5.73 Å². The van der Waals surface area contributed by atoms with E-state index in [0.29, 0.717) is 5.75 Å². The molecule has 0 aliphatic rings. The van der Waals surface area contributed by atoms with Gasteiger partial charge >= 0.3 is 0 Å². The molecule has 0 bridgehead atoms. The minimum atomic E-state index is -0.0160. The van der Waals surface area contributed by atoms with E-state index in [0.717, 1.165) is 43.4 Å². The fourth-order valence-corrected chi connectivity index (χ4v) is 2.19. The number of unbranched alkanes of at least 4 members (excludes halogenated alkanes) is 1. The Labute approximate surface area is 111 Å². The fraction of sp³-hybridized carbons (Fsp3) is 0.625. The van der Waals surface area contributed by atoms with Crippen LogP contribution in [-0.2, 0) is 18.3 Å². The van der Waals surface area contributed by atoms with Gasteiger partial charge in [0.1, 0.15) is 5.75 Å². The normalized spacial score (nSPS) is 11.8. The first-order valence-electron chi connectivity index (χ1n) is 6.95. The summed E-state index contributed by atoms with van der Waals surface area (Å²) in [7, 11) is 0. The van der Waals surface area contributed by atoms with Gasteiger partial charge in [-0.15, -0.1) is 0 Å². The zero-order valence-corrected chi connectivity index (χ0v) is 12.2. The number of nitrogens with two attached hydrogens (primary N) is 1. The summed E-state index contributed by atoms with van der Waals surface area (Å²) in [6.45, 7) is 9.31. The van der Waals surface area contributed by atoms with Crippen LogP contribution in [0, 0.1) is 0 Å². The zero-order valence-electron chi connectivity index (χ0n) is 12.2. The second-order valence-corrected chi connectivity index (χ2v) is 6.00. The molecule has 2 heteroatoms. The first kappa shape index (κ1) is 15.0. The van der Waals surface area contributed by atoms with E-state index < -0.39 is 0 Å². The third-order valence-corrected chi connectivity index (χ3v) is 3.37. The van der Waals surface area contributed by atoms with Crippen molar-refractivity contribution >= 4 is 0 Å². The van der Waals surface area contributed by atoms with Gasteiger partial charge in [0.05, 0.1) is 0 Å². The van der Waals surface area contributed by atoms with E-state index in [1.54, 1.807) is 0 Å². The second kappa shape index (κ2) is 6.24. The molecule has 1 aromatic rings. The summed E-state index contributed by atoms with van der Waals surface area (Å²) in [5.41, 5.74) is 8.95. The first-order chi connectivity index (χ1) is 8.40. The number of rotatable bonds is 5. The van der Waals surface area contributed by atoms with Gasteiger partial charge in [-0.25, -0.2) is 0 Å². The Bertz CT molecular complexity index is 391. The Morgan fingerprint density at radius 1 is 1.17 bits per heavy atom. The second-order valence-electron chi connectivity index (χ2n) is 6.00. The largest absolute Gasteiger partial charge is 0.507 e. The molecule has 102 valence electrons. The molecule has 1 aromatic carbocycles. The number of aryl methyl sites for hydroxylation is 2. The molecule has 0 saturated carbocycles. The average molecular weight is 249 g/mol. The molecule has 18 heavy (non-hydrogen) atoms. The van der Waals surface area contributed by atoms with E-state index in [9.17, 15) is 5.11 Å². The molecule has 0 radical (unpaired) electrons. The summed E-state index contributed by atoms with van der Waals surface area (Å²) in [6.07, 6.45) is 3.98. The molecule has 0 aromatic heterocycles. The molecule has 2 nitrogen and oxygen atoms in total. The van der Waals surface area contributed by atoms with Crippen molar-refractivity contribution in [3.63, 3.8) is 0 Å². The van der Waals surface area contributed by atoms with Crippen molar-refractivity contribution in [2.24, 2.45) is 5.73 Å². The molecule has 0 saturated heterocycles. The predicted octanol–water partition coefficient (Wildman–Crippen LogP) is 3.53. The highest BCUT2D eigenvalue weighted by Crippen LogP contribution is 2.35. The maximum absolute atomic E-state index is 10.4. The van der Waals surface area contributed by atoms with Gasteiger partial charge in [-0.1, -0.05) is 39.8 Å². The minimum absolute atomic E-state index is 0.0160. The number of phenolic OH excluding ortho intramolecular Hbond substituents is 1. The maximum Gasteiger partial charge on any atom is 0.122 e. The molecule has 0 aliphatic heterocycles. The lowest BCUT2D eigenvalue weighted by Crippen LogP contribution is -2.13. The van der Waals surface area contributed by atoms with Crippen molar-refractivity contribution in [1.29, 1.82) is 0 Å². The van der Waals surface area contributed by atoms with Crippen LogP contribution in [0.5, 0.6) is 5.75 Å². The van der Waals surface area contributed by atoms with E-state index in [-0.39, 0.29) is 5.41 Å². The van der Waals surface area contributed by atoms with Crippen LogP contribution in [0.15, 0.2) is 12.1 Å². The van der Waals surface area contributed by atoms with Crippen LogP contribution in [0.25, 0.3) is 0 Å². The summed E-state index contributed by atoms with van der Waals surface area (Å²) in [5, 5.41) is 10.4. The van der Waals surface area contributed by atoms with Crippen molar-refractivity contribution < 1.29 is 5.11 Å². The molecule has 0 heterocycles. The van der Waals surface area contributed by atoms with Crippen LogP contribution in [0.1, 0.15) is 57.2 Å². The van der Waals surface area contributed by atoms with E-state index in [1.165, 1.54) is 5.56 Å². The lowest BCUT2D eigenvalue weighted by atomic mass is 9.83. The number of hydrogen-bond acceptors (Lipinski definition) is 2. The summed E-state index contributed by atoms with van der Waals surface area (Å²) in [6, 6.07) is 4.28. The highest BCUT2D eigenvalue weighted by atomic mass is 16.3. The summed E-state index contributed by atoms with van der Waals surface area (Å²) in [5.74, 6) is 0.483. The van der Waals surface area contributed by atoms with Crippen molar-refractivity contribution in [3.8, 4) is 5.75 Å². The monoisotopic (exact) mass is 249 g/mol. The first-order valence-corrected chi connectivity index (χ1v) is 6.95. The zero-order chi connectivity index (χ0) is 13.8. The summed E-state index contributed by atoms with van der Waals surface area (Å²) in [4.78, 5) is 0. The maximum atomic E-state index is 10.4. The van der Waals surface area contributed by atoms with E-state index in [2.05, 4.69) is 39.8 Å². The molecule has 0 fully saturated rings. The van der Waals surface area contributed by atoms with Crippen molar-refractivity contribution in [2.75, 3.05) is 6.54 Å². The standard InChI is InChI=1S/C16H27NO/c1-5-12-10-13(8-6-7-9-17)15(18)14(11-12)16(2,3)4/h10-11,18H,5-9,17H2,1-4H3. The average Bonchev–Trinajstić information content (AvgIpc) is 2.30. The fourth-order valence-electron chi connectivity index (χ4n) is 2.19. The highest BCUT2D eigenvalue weighted by Gasteiger charge is 2.20. The van der Waals surface area contributed by atoms with Crippen molar-refractivity contribution in [2.45, 2.75) is 58.8 Å². The van der Waals surface area contributed by atoms with Gasteiger partial charge in [0.25, 0.3) is 0 Å².